The maximum Gasteiger partial charge on any atom is 0.0201 e. The van der Waals surface area contributed by atoms with Gasteiger partial charge in [-0.2, -0.15) is 0 Å². The number of piperidine rings is 1. The molecule has 1 aliphatic heterocycles. The van der Waals surface area contributed by atoms with Crippen LogP contribution >= 0.6 is 0 Å². The molecule has 0 saturated carbocycles. The highest BCUT2D eigenvalue weighted by Gasteiger charge is 2.19. The van der Waals surface area contributed by atoms with E-state index in [0.717, 1.165) is 11.8 Å². The molecule has 1 fully saturated rings. The first kappa shape index (κ1) is 17.6. The fourth-order valence-corrected chi connectivity index (χ4v) is 3.12. The molecule has 2 nitrogen and oxygen atoms in total. The number of unbranched alkanes of at least 4 members (excludes halogenated alkanes) is 1. The zero-order chi connectivity index (χ0) is 15.0. The van der Waals surface area contributed by atoms with Gasteiger partial charge in [-0.1, -0.05) is 33.3 Å². The van der Waals surface area contributed by atoms with E-state index in [-0.39, 0.29) is 0 Å². The quantitative estimate of drug-likeness (QED) is 0.629. The zero-order valence-corrected chi connectivity index (χ0v) is 14.3. The highest BCUT2D eigenvalue weighted by molar-refractivity contribution is 4.95. The summed E-state index contributed by atoms with van der Waals surface area (Å²) in [6.45, 7) is 17.1. The molecule has 0 bridgehead atoms. The Hall–Kier alpha value is -0.500. The lowest BCUT2D eigenvalue weighted by Gasteiger charge is -2.32. The van der Waals surface area contributed by atoms with Crippen LogP contribution in [0.5, 0.6) is 0 Å². The maximum atomic E-state index is 4.16. The second-order valence-corrected chi connectivity index (χ2v) is 7.28. The molecule has 0 spiro atoms. The standard InChI is InChI=1S/C18H36N2/c1-15(2)8-6-7-11-20-12-9-18(10-13-20)14-17(5)19-16(3)4/h15-16,18-19H,5-14H2,1-4H3. The SMILES string of the molecule is C=C(CC1CCN(CCCCC(C)C)CC1)NC(C)C. The number of nitrogens with one attached hydrogen (secondary N) is 1. The van der Waals surface area contributed by atoms with E-state index >= 15 is 0 Å². The molecule has 0 amide bonds. The number of likely N-dealkylation sites (tertiary alicyclic amines) is 1. The Kier molecular flexibility index (Phi) is 8.28. The van der Waals surface area contributed by atoms with Crippen molar-refractivity contribution in [3.05, 3.63) is 12.3 Å². The Labute approximate surface area is 127 Å². The molecule has 1 aliphatic rings. The van der Waals surface area contributed by atoms with E-state index in [1.54, 1.807) is 0 Å². The van der Waals surface area contributed by atoms with E-state index in [4.69, 9.17) is 0 Å². The summed E-state index contributed by atoms with van der Waals surface area (Å²) in [6, 6.07) is 0.517. The first-order valence-corrected chi connectivity index (χ1v) is 8.64. The van der Waals surface area contributed by atoms with Crippen LogP contribution in [0, 0.1) is 11.8 Å². The summed E-state index contributed by atoms with van der Waals surface area (Å²) in [5.41, 5.74) is 1.23. The first-order chi connectivity index (χ1) is 9.47. The van der Waals surface area contributed by atoms with Gasteiger partial charge in [-0.05, 0) is 71.0 Å². The van der Waals surface area contributed by atoms with Crippen molar-refractivity contribution in [1.82, 2.24) is 10.2 Å². The summed E-state index contributed by atoms with van der Waals surface area (Å²) in [6.07, 6.45) is 8.03. The molecule has 0 aromatic heterocycles. The Morgan fingerprint density at radius 1 is 1.15 bits per heavy atom. The van der Waals surface area contributed by atoms with Gasteiger partial charge < -0.3 is 10.2 Å². The fraction of sp³-hybridized carbons (Fsp3) is 0.889. The van der Waals surface area contributed by atoms with Crippen LogP contribution in [-0.4, -0.2) is 30.6 Å². The summed E-state index contributed by atoms with van der Waals surface area (Å²) >= 11 is 0. The molecule has 1 N–H and O–H groups in total. The number of hydrogen-bond acceptors (Lipinski definition) is 2. The van der Waals surface area contributed by atoms with Crippen molar-refractivity contribution >= 4 is 0 Å². The third kappa shape index (κ3) is 7.94. The normalized spacial score (nSPS) is 17.9. The van der Waals surface area contributed by atoms with Crippen LogP contribution in [0.25, 0.3) is 0 Å². The van der Waals surface area contributed by atoms with Crippen molar-refractivity contribution in [2.24, 2.45) is 11.8 Å². The molecule has 0 aliphatic carbocycles. The molecule has 0 aromatic carbocycles. The maximum absolute atomic E-state index is 4.16. The minimum atomic E-state index is 0.517. The van der Waals surface area contributed by atoms with Gasteiger partial charge in [-0.25, -0.2) is 0 Å². The molecule has 1 saturated heterocycles. The zero-order valence-electron chi connectivity index (χ0n) is 14.3. The van der Waals surface area contributed by atoms with Crippen molar-refractivity contribution in [1.29, 1.82) is 0 Å². The summed E-state index contributed by atoms with van der Waals surface area (Å²) in [7, 11) is 0. The molecule has 0 unspecified atom stereocenters. The van der Waals surface area contributed by atoms with Gasteiger partial charge in [0, 0.05) is 11.7 Å². The predicted molar refractivity (Wildman–Crippen MR) is 89.9 cm³/mol. The third-order valence-corrected chi connectivity index (χ3v) is 4.24. The fourth-order valence-electron chi connectivity index (χ4n) is 3.12. The molecular formula is C18H36N2. The van der Waals surface area contributed by atoms with Gasteiger partial charge in [0.1, 0.15) is 0 Å². The Morgan fingerprint density at radius 3 is 2.35 bits per heavy atom. The average Bonchev–Trinajstić information content (AvgIpc) is 2.35. The van der Waals surface area contributed by atoms with Gasteiger partial charge in [-0.15, -0.1) is 0 Å². The number of nitrogens with zero attached hydrogens (tertiary/aromatic N) is 1. The number of rotatable bonds is 9. The van der Waals surface area contributed by atoms with E-state index in [1.165, 1.54) is 63.9 Å². The van der Waals surface area contributed by atoms with Crippen LogP contribution in [-0.2, 0) is 0 Å². The third-order valence-electron chi connectivity index (χ3n) is 4.24. The second kappa shape index (κ2) is 9.44. The molecule has 1 heterocycles. The molecule has 118 valence electrons. The van der Waals surface area contributed by atoms with Crippen LogP contribution in [0.3, 0.4) is 0 Å². The Balaban J connectivity index is 2.09. The van der Waals surface area contributed by atoms with Crippen molar-refractivity contribution < 1.29 is 0 Å². The summed E-state index contributed by atoms with van der Waals surface area (Å²) < 4.78 is 0. The second-order valence-electron chi connectivity index (χ2n) is 7.28. The number of hydrogen-bond donors (Lipinski definition) is 1. The average molecular weight is 280 g/mol. The van der Waals surface area contributed by atoms with Crippen molar-refractivity contribution in [2.75, 3.05) is 19.6 Å². The molecule has 0 radical (unpaired) electrons. The predicted octanol–water partition coefficient (Wildman–Crippen LogP) is 4.43. The topological polar surface area (TPSA) is 15.3 Å². The van der Waals surface area contributed by atoms with Gasteiger partial charge >= 0.3 is 0 Å². The Bertz CT molecular complexity index is 263. The summed E-state index contributed by atoms with van der Waals surface area (Å²) in [5, 5.41) is 3.45. The van der Waals surface area contributed by atoms with Gasteiger partial charge in [-0.3, -0.25) is 0 Å². The highest BCUT2D eigenvalue weighted by atomic mass is 15.1. The summed E-state index contributed by atoms with van der Waals surface area (Å²) in [4.78, 5) is 2.66. The highest BCUT2D eigenvalue weighted by Crippen LogP contribution is 2.23. The lowest BCUT2D eigenvalue weighted by molar-refractivity contribution is 0.179. The molecule has 20 heavy (non-hydrogen) atoms. The van der Waals surface area contributed by atoms with Crippen LogP contribution in [0.15, 0.2) is 12.3 Å². The molecule has 2 heteroatoms. The van der Waals surface area contributed by atoms with Gasteiger partial charge in [0.25, 0.3) is 0 Å². The smallest absolute Gasteiger partial charge is 0.0201 e. The Morgan fingerprint density at radius 2 is 1.80 bits per heavy atom. The summed E-state index contributed by atoms with van der Waals surface area (Å²) in [5.74, 6) is 1.71. The van der Waals surface area contributed by atoms with E-state index < -0.39 is 0 Å². The van der Waals surface area contributed by atoms with Crippen LogP contribution in [0.4, 0.5) is 0 Å². The van der Waals surface area contributed by atoms with Crippen LogP contribution in [0.1, 0.15) is 66.2 Å². The monoisotopic (exact) mass is 280 g/mol. The van der Waals surface area contributed by atoms with Gasteiger partial charge in [0.15, 0.2) is 0 Å². The van der Waals surface area contributed by atoms with Crippen LogP contribution < -0.4 is 5.32 Å². The van der Waals surface area contributed by atoms with Crippen molar-refractivity contribution in [3.8, 4) is 0 Å². The minimum absolute atomic E-state index is 0.517. The van der Waals surface area contributed by atoms with E-state index in [2.05, 4.69) is 44.5 Å². The largest absolute Gasteiger partial charge is 0.387 e. The lowest BCUT2D eigenvalue weighted by atomic mass is 9.92. The van der Waals surface area contributed by atoms with Gasteiger partial charge in [0.05, 0.1) is 0 Å². The van der Waals surface area contributed by atoms with E-state index in [1.807, 2.05) is 0 Å². The molecule has 0 aromatic rings. The molecule has 1 rings (SSSR count). The van der Waals surface area contributed by atoms with Crippen molar-refractivity contribution in [2.45, 2.75) is 72.3 Å². The van der Waals surface area contributed by atoms with Crippen molar-refractivity contribution in [3.63, 3.8) is 0 Å². The molecule has 0 atom stereocenters. The number of allylic oxidation sites excluding steroid dienone is 1. The lowest BCUT2D eigenvalue weighted by Crippen LogP contribution is -2.35. The molecular weight excluding hydrogens is 244 g/mol. The first-order valence-electron chi connectivity index (χ1n) is 8.64. The van der Waals surface area contributed by atoms with Crippen LogP contribution in [0.2, 0.25) is 0 Å². The van der Waals surface area contributed by atoms with E-state index in [9.17, 15) is 0 Å². The van der Waals surface area contributed by atoms with E-state index in [0.29, 0.717) is 6.04 Å². The van der Waals surface area contributed by atoms with Gasteiger partial charge in [0.2, 0.25) is 0 Å². The minimum Gasteiger partial charge on any atom is -0.387 e.